The van der Waals surface area contributed by atoms with Crippen LogP contribution in [0.3, 0.4) is 0 Å². The molecule has 0 amide bonds. The smallest absolute Gasteiger partial charge is 0.335 e. The zero-order valence-corrected chi connectivity index (χ0v) is 11.4. The molecule has 0 unspecified atom stereocenters. The predicted molar refractivity (Wildman–Crippen MR) is 72.2 cm³/mol. The van der Waals surface area contributed by atoms with E-state index in [9.17, 15) is 4.79 Å². The molecule has 1 aromatic carbocycles. The quantitative estimate of drug-likeness (QED) is 0.873. The maximum atomic E-state index is 10.8. The summed E-state index contributed by atoms with van der Waals surface area (Å²) in [7, 11) is 0. The number of hydrogen-bond acceptors (Lipinski definition) is 2. The van der Waals surface area contributed by atoms with Crippen molar-refractivity contribution in [1.29, 1.82) is 0 Å². The highest BCUT2D eigenvalue weighted by Gasteiger charge is 2.06. The number of carboxylic acids is 1. The summed E-state index contributed by atoms with van der Waals surface area (Å²) in [4.78, 5) is 10.8. The molecule has 1 heterocycles. The number of aryl methyl sites for hydroxylation is 1. The molecule has 2 rings (SSSR count). The summed E-state index contributed by atoms with van der Waals surface area (Å²) in [6.45, 7) is 2.57. The van der Waals surface area contributed by atoms with Gasteiger partial charge in [0, 0.05) is 6.20 Å². The number of aromatic nitrogens is 2. The van der Waals surface area contributed by atoms with Crippen molar-refractivity contribution in [3.05, 3.63) is 50.9 Å². The summed E-state index contributed by atoms with van der Waals surface area (Å²) in [5.74, 6) is -0.895. The van der Waals surface area contributed by atoms with Crippen molar-refractivity contribution < 1.29 is 9.90 Å². The normalized spacial score (nSPS) is 10.5. The van der Waals surface area contributed by atoms with Gasteiger partial charge in [-0.3, -0.25) is 4.68 Å². The third-order valence-electron chi connectivity index (χ3n) is 2.52. The van der Waals surface area contributed by atoms with Gasteiger partial charge in [0.25, 0.3) is 0 Å². The Kier molecular flexibility index (Phi) is 3.46. The monoisotopic (exact) mass is 342 g/mol. The van der Waals surface area contributed by atoms with Crippen LogP contribution in [-0.2, 0) is 6.54 Å². The number of carboxylic acid groups (broad SMARTS) is 1. The van der Waals surface area contributed by atoms with Gasteiger partial charge in [0.1, 0.15) is 0 Å². The summed E-state index contributed by atoms with van der Waals surface area (Å²) in [6.07, 6.45) is 3.74. The Morgan fingerprint density at radius 1 is 1.53 bits per heavy atom. The molecular weight excluding hydrogens is 331 g/mol. The standard InChI is InChI=1S/C12H11IN2O2/c1-8-4-9(12(16)17)2-3-10(8)6-15-7-11(13)5-14-15/h2-5,7H,6H2,1H3,(H,16,17). The van der Waals surface area contributed by atoms with Crippen molar-refractivity contribution >= 4 is 28.6 Å². The van der Waals surface area contributed by atoms with Crippen LogP contribution in [-0.4, -0.2) is 20.9 Å². The number of hydrogen-bond donors (Lipinski definition) is 1. The number of halogens is 1. The summed E-state index contributed by atoms with van der Waals surface area (Å²) < 4.78 is 2.92. The molecule has 0 spiro atoms. The number of aromatic carboxylic acids is 1. The highest BCUT2D eigenvalue weighted by molar-refractivity contribution is 14.1. The van der Waals surface area contributed by atoms with E-state index >= 15 is 0 Å². The van der Waals surface area contributed by atoms with Crippen LogP contribution in [0, 0.1) is 10.5 Å². The lowest BCUT2D eigenvalue weighted by Gasteiger charge is -2.07. The van der Waals surface area contributed by atoms with Gasteiger partial charge in [-0.1, -0.05) is 6.07 Å². The molecular formula is C12H11IN2O2. The number of carbonyl (C=O) groups is 1. The minimum absolute atomic E-state index is 0.321. The lowest BCUT2D eigenvalue weighted by molar-refractivity contribution is 0.0697. The minimum Gasteiger partial charge on any atom is -0.478 e. The van der Waals surface area contributed by atoms with E-state index in [1.807, 2.05) is 23.9 Å². The Morgan fingerprint density at radius 3 is 2.82 bits per heavy atom. The fraction of sp³-hybridized carbons (Fsp3) is 0.167. The van der Waals surface area contributed by atoms with Crippen LogP contribution in [0.4, 0.5) is 0 Å². The number of nitrogens with zero attached hydrogens (tertiary/aromatic N) is 2. The molecule has 0 aliphatic heterocycles. The van der Waals surface area contributed by atoms with E-state index in [2.05, 4.69) is 27.7 Å². The van der Waals surface area contributed by atoms with Gasteiger partial charge in [-0.05, 0) is 52.8 Å². The molecule has 2 aromatic rings. The van der Waals surface area contributed by atoms with E-state index in [1.54, 1.807) is 18.3 Å². The molecule has 17 heavy (non-hydrogen) atoms. The van der Waals surface area contributed by atoms with Gasteiger partial charge in [0.15, 0.2) is 0 Å². The van der Waals surface area contributed by atoms with Crippen LogP contribution in [0.1, 0.15) is 21.5 Å². The Morgan fingerprint density at radius 2 is 2.29 bits per heavy atom. The Balaban J connectivity index is 2.25. The van der Waals surface area contributed by atoms with E-state index in [-0.39, 0.29) is 0 Å². The highest BCUT2D eigenvalue weighted by Crippen LogP contribution is 2.13. The first-order valence-corrected chi connectivity index (χ1v) is 6.15. The van der Waals surface area contributed by atoms with E-state index in [4.69, 9.17) is 5.11 Å². The lowest BCUT2D eigenvalue weighted by Crippen LogP contribution is -2.04. The Labute approximate surface area is 112 Å². The third kappa shape index (κ3) is 2.85. The predicted octanol–water partition coefficient (Wildman–Crippen LogP) is 2.54. The van der Waals surface area contributed by atoms with Crippen molar-refractivity contribution in [3.8, 4) is 0 Å². The molecule has 0 saturated heterocycles. The largest absolute Gasteiger partial charge is 0.478 e. The lowest BCUT2D eigenvalue weighted by atomic mass is 10.1. The average Bonchev–Trinajstić information content (AvgIpc) is 2.67. The molecule has 1 N–H and O–H groups in total. The van der Waals surface area contributed by atoms with Crippen LogP contribution in [0.5, 0.6) is 0 Å². The summed E-state index contributed by atoms with van der Waals surface area (Å²) >= 11 is 2.20. The van der Waals surface area contributed by atoms with E-state index in [1.165, 1.54) is 0 Å². The van der Waals surface area contributed by atoms with Crippen molar-refractivity contribution in [1.82, 2.24) is 9.78 Å². The molecule has 0 saturated carbocycles. The molecule has 0 fully saturated rings. The fourth-order valence-corrected chi connectivity index (χ4v) is 2.05. The third-order valence-corrected chi connectivity index (χ3v) is 3.08. The maximum absolute atomic E-state index is 10.8. The van der Waals surface area contributed by atoms with Crippen molar-refractivity contribution in [2.75, 3.05) is 0 Å². The average molecular weight is 342 g/mol. The molecule has 0 radical (unpaired) electrons. The van der Waals surface area contributed by atoms with Crippen LogP contribution in [0.25, 0.3) is 0 Å². The molecule has 88 valence electrons. The molecule has 0 aliphatic carbocycles. The van der Waals surface area contributed by atoms with Crippen molar-refractivity contribution in [2.24, 2.45) is 0 Å². The Hall–Kier alpha value is -1.37. The van der Waals surface area contributed by atoms with Crippen LogP contribution in [0.15, 0.2) is 30.6 Å². The number of rotatable bonds is 3. The molecule has 4 nitrogen and oxygen atoms in total. The maximum Gasteiger partial charge on any atom is 0.335 e. The van der Waals surface area contributed by atoms with Gasteiger partial charge in [0.05, 0.1) is 21.9 Å². The van der Waals surface area contributed by atoms with Crippen LogP contribution >= 0.6 is 22.6 Å². The topological polar surface area (TPSA) is 55.1 Å². The first-order chi connectivity index (χ1) is 8.06. The molecule has 0 bridgehead atoms. The van der Waals surface area contributed by atoms with Gasteiger partial charge in [-0.15, -0.1) is 0 Å². The van der Waals surface area contributed by atoms with Crippen LogP contribution < -0.4 is 0 Å². The van der Waals surface area contributed by atoms with Crippen molar-refractivity contribution in [2.45, 2.75) is 13.5 Å². The Bertz CT molecular complexity index is 563. The molecule has 0 aliphatic rings. The van der Waals surface area contributed by atoms with Gasteiger partial charge in [0.2, 0.25) is 0 Å². The zero-order chi connectivity index (χ0) is 12.4. The van der Waals surface area contributed by atoms with E-state index < -0.39 is 5.97 Å². The van der Waals surface area contributed by atoms with Gasteiger partial charge < -0.3 is 5.11 Å². The summed E-state index contributed by atoms with van der Waals surface area (Å²) in [6, 6.07) is 5.15. The molecule has 0 atom stereocenters. The van der Waals surface area contributed by atoms with Crippen LogP contribution in [0.2, 0.25) is 0 Å². The van der Waals surface area contributed by atoms with Gasteiger partial charge >= 0.3 is 5.97 Å². The van der Waals surface area contributed by atoms with Crippen molar-refractivity contribution in [3.63, 3.8) is 0 Å². The number of benzene rings is 1. The second kappa shape index (κ2) is 4.87. The second-order valence-corrected chi connectivity index (χ2v) is 5.05. The highest BCUT2D eigenvalue weighted by atomic mass is 127. The van der Waals surface area contributed by atoms with Gasteiger partial charge in [-0.2, -0.15) is 5.10 Å². The zero-order valence-electron chi connectivity index (χ0n) is 9.22. The van der Waals surface area contributed by atoms with E-state index in [0.717, 1.165) is 14.7 Å². The fourth-order valence-electron chi connectivity index (χ4n) is 1.61. The second-order valence-electron chi connectivity index (χ2n) is 3.80. The van der Waals surface area contributed by atoms with Gasteiger partial charge in [-0.25, -0.2) is 4.79 Å². The molecule has 1 aromatic heterocycles. The minimum atomic E-state index is -0.895. The first-order valence-electron chi connectivity index (χ1n) is 5.07. The summed E-state index contributed by atoms with van der Waals surface area (Å²) in [5.41, 5.74) is 2.37. The van der Waals surface area contributed by atoms with E-state index in [0.29, 0.717) is 12.1 Å². The first kappa shape index (κ1) is 12.1. The summed E-state index contributed by atoms with van der Waals surface area (Å²) in [5, 5.41) is 13.1. The SMILES string of the molecule is Cc1cc(C(=O)O)ccc1Cn1cc(I)cn1. The molecule has 5 heteroatoms.